The molecule has 28 heavy (non-hydrogen) atoms. The van der Waals surface area contributed by atoms with E-state index in [9.17, 15) is 9.59 Å². The van der Waals surface area contributed by atoms with Gasteiger partial charge in [0.2, 0.25) is 0 Å². The van der Waals surface area contributed by atoms with Crippen molar-refractivity contribution in [3.05, 3.63) is 56.8 Å². The maximum absolute atomic E-state index is 12.7. The summed E-state index contributed by atoms with van der Waals surface area (Å²) in [5, 5.41) is 11.4. The van der Waals surface area contributed by atoms with Crippen molar-refractivity contribution in [2.45, 2.75) is 27.3 Å². The van der Waals surface area contributed by atoms with E-state index < -0.39 is 0 Å². The first-order valence-corrected chi connectivity index (χ1v) is 8.93. The van der Waals surface area contributed by atoms with Crippen molar-refractivity contribution in [2.75, 3.05) is 12.4 Å². The molecule has 3 heterocycles. The maximum Gasteiger partial charge on any atom is 0.271 e. The summed E-state index contributed by atoms with van der Waals surface area (Å²) in [6, 6.07) is 3.91. The Labute approximate surface area is 161 Å². The molecule has 144 valence electrons. The molecule has 0 aliphatic carbocycles. The normalized spacial score (nSPS) is 13.2. The minimum atomic E-state index is -0.188. The molecular formula is C20H21N5O3. The van der Waals surface area contributed by atoms with Gasteiger partial charge in [-0.25, -0.2) is 4.68 Å². The predicted molar refractivity (Wildman–Crippen MR) is 105 cm³/mol. The summed E-state index contributed by atoms with van der Waals surface area (Å²) < 4.78 is 6.60. The standard InChI is InChI=1S/C20H21N5O3/c1-10-16(8-21-25(5)19(10)26)22-15-7-13(17-11(2)23-28-12(17)3)6-14-9-24(4)20(27)18(14)15/h6-8,22H,9H2,1-5H3. The molecule has 0 fully saturated rings. The maximum atomic E-state index is 12.7. The lowest BCUT2D eigenvalue weighted by Gasteiger charge is -2.14. The van der Waals surface area contributed by atoms with Crippen molar-refractivity contribution < 1.29 is 9.32 Å². The second-order valence-corrected chi connectivity index (χ2v) is 7.16. The molecule has 1 amide bonds. The quantitative estimate of drug-likeness (QED) is 0.752. The molecule has 1 aromatic carbocycles. The van der Waals surface area contributed by atoms with Gasteiger partial charge in [-0.05, 0) is 44.0 Å². The molecule has 8 nitrogen and oxygen atoms in total. The number of carbonyl (C=O) groups excluding carboxylic acids is 1. The van der Waals surface area contributed by atoms with E-state index in [1.807, 2.05) is 26.0 Å². The Balaban J connectivity index is 1.90. The van der Waals surface area contributed by atoms with Gasteiger partial charge in [0.15, 0.2) is 0 Å². The summed E-state index contributed by atoms with van der Waals surface area (Å²) in [5.74, 6) is 0.657. The Kier molecular flexibility index (Phi) is 4.06. The van der Waals surface area contributed by atoms with E-state index >= 15 is 0 Å². The largest absolute Gasteiger partial charge is 0.361 e. The van der Waals surface area contributed by atoms with Gasteiger partial charge in [-0.15, -0.1) is 0 Å². The zero-order chi connectivity index (χ0) is 20.2. The summed E-state index contributed by atoms with van der Waals surface area (Å²) in [6.45, 7) is 6.01. The number of carbonyl (C=O) groups is 1. The number of rotatable bonds is 3. The van der Waals surface area contributed by atoms with E-state index in [1.54, 1.807) is 32.1 Å². The van der Waals surface area contributed by atoms with Gasteiger partial charge >= 0.3 is 0 Å². The molecule has 0 atom stereocenters. The molecule has 1 aliphatic heterocycles. The van der Waals surface area contributed by atoms with E-state index in [0.29, 0.717) is 34.8 Å². The molecule has 3 aromatic rings. The van der Waals surface area contributed by atoms with Crippen molar-refractivity contribution in [1.82, 2.24) is 19.8 Å². The number of aromatic nitrogens is 3. The third-order valence-electron chi connectivity index (χ3n) is 5.16. The summed E-state index contributed by atoms with van der Waals surface area (Å²) in [7, 11) is 3.38. The predicted octanol–water partition coefficient (Wildman–Crippen LogP) is 2.69. The number of aryl methyl sites for hydroxylation is 3. The second-order valence-electron chi connectivity index (χ2n) is 7.16. The Bertz CT molecular complexity index is 1160. The number of nitrogens with zero attached hydrogens (tertiary/aromatic N) is 4. The highest BCUT2D eigenvalue weighted by atomic mass is 16.5. The van der Waals surface area contributed by atoms with E-state index in [4.69, 9.17) is 4.52 Å². The van der Waals surface area contributed by atoms with Gasteiger partial charge in [-0.3, -0.25) is 9.59 Å². The highest BCUT2D eigenvalue weighted by Crippen LogP contribution is 2.37. The summed E-state index contributed by atoms with van der Waals surface area (Å²) in [6.07, 6.45) is 1.59. The van der Waals surface area contributed by atoms with Crippen LogP contribution in [0.25, 0.3) is 11.1 Å². The average Bonchev–Trinajstić information content (AvgIpc) is 3.14. The molecule has 0 saturated heterocycles. The van der Waals surface area contributed by atoms with E-state index in [-0.39, 0.29) is 11.5 Å². The van der Waals surface area contributed by atoms with Gasteiger partial charge in [-0.1, -0.05) is 5.16 Å². The Morgan fingerprint density at radius 2 is 1.82 bits per heavy atom. The van der Waals surface area contributed by atoms with Crippen LogP contribution in [0, 0.1) is 20.8 Å². The smallest absolute Gasteiger partial charge is 0.271 e. The average molecular weight is 379 g/mol. The monoisotopic (exact) mass is 379 g/mol. The summed E-state index contributed by atoms with van der Waals surface area (Å²) in [4.78, 5) is 26.6. The van der Waals surface area contributed by atoms with Crippen LogP contribution in [-0.4, -0.2) is 32.8 Å². The number of anilines is 2. The van der Waals surface area contributed by atoms with Crippen LogP contribution in [0.1, 0.15) is 32.9 Å². The highest BCUT2D eigenvalue weighted by Gasteiger charge is 2.29. The number of hydrogen-bond donors (Lipinski definition) is 1. The van der Waals surface area contributed by atoms with Crippen molar-refractivity contribution >= 4 is 17.3 Å². The van der Waals surface area contributed by atoms with E-state index in [1.165, 1.54) is 4.68 Å². The first kappa shape index (κ1) is 18.0. The van der Waals surface area contributed by atoms with Crippen molar-refractivity contribution in [3.8, 4) is 11.1 Å². The fraction of sp³-hybridized carbons (Fsp3) is 0.300. The SMILES string of the molecule is Cc1noc(C)c1-c1cc2c(c(Nc3cnn(C)c(=O)c3C)c1)C(=O)N(C)C2. The number of hydrogen-bond acceptors (Lipinski definition) is 6. The fourth-order valence-electron chi connectivity index (χ4n) is 3.66. The van der Waals surface area contributed by atoms with Crippen LogP contribution in [0.5, 0.6) is 0 Å². The van der Waals surface area contributed by atoms with Crippen molar-refractivity contribution in [3.63, 3.8) is 0 Å². The van der Waals surface area contributed by atoms with Gasteiger partial charge < -0.3 is 14.7 Å². The lowest BCUT2D eigenvalue weighted by molar-refractivity contribution is 0.0817. The minimum Gasteiger partial charge on any atom is -0.361 e. The van der Waals surface area contributed by atoms with Crippen LogP contribution in [-0.2, 0) is 13.6 Å². The molecule has 0 bridgehead atoms. The van der Waals surface area contributed by atoms with Gasteiger partial charge in [0.25, 0.3) is 11.5 Å². The topological polar surface area (TPSA) is 93.3 Å². The van der Waals surface area contributed by atoms with Gasteiger partial charge in [0.1, 0.15) is 5.76 Å². The lowest BCUT2D eigenvalue weighted by atomic mass is 9.97. The third kappa shape index (κ3) is 2.69. The van der Waals surface area contributed by atoms with Gasteiger partial charge in [0, 0.05) is 31.8 Å². The van der Waals surface area contributed by atoms with Crippen LogP contribution >= 0.6 is 0 Å². The molecule has 2 aromatic heterocycles. The first-order chi connectivity index (χ1) is 13.3. The number of amides is 1. The third-order valence-corrected chi connectivity index (χ3v) is 5.16. The zero-order valence-electron chi connectivity index (χ0n) is 16.5. The van der Waals surface area contributed by atoms with Crippen LogP contribution in [0.15, 0.2) is 27.6 Å². The Morgan fingerprint density at radius 1 is 1.07 bits per heavy atom. The molecule has 1 N–H and O–H groups in total. The number of nitrogens with one attached hydrogen (secondary N) is 1. The minimum absolute atomic E-state index is 0.0581. The van der Waals surface area contributed by atoms with Crippen molar-refractivity contribution in [1.29, 1.82) is 0 Å². The van der Waals surface area contributed by atoms with E-state index in [0.717, 1.165) is 22.4 Å². The molecular weight excluding hydrogens is 358 g/mol. The molecule has 1 aliphatic rings. The number of benzene rings is 1. The molecule has 0 saturated carbocycles. The summed E-state index contributed by atoms with van der Waals surface area (Å²) >= 11 is 0. The van der Waals surface area contributed by atoms with Crippen molar-refractivity contribution in [2.24, 2.45) is 7.05 Å². The van der Waals surface area contributed by atoms with Gasteiger partial charge in [-0.2, -0.15) is 5.10 Å². The van der Waals surface area contributed by atoms with Crippen LogP contribution in [0.3, 0.4) is 0 Å². The van der Waals surface area contributed by atoms with E-state index in [2.05, 4.69) is 15.6 Å². The highest BCUT2D eigenvalue weighted by molar-refractivity contribution is 6.05. The van der Waals surface area contributed by atoms with Crippen LogP contribution in [0.4, 0.5) is 11.4 Å². The zero-order valence-corrected chi connectivity index (χ0v) is 16.5. The fourth-order valence-corrected chi connectivity index (χ4v) is 3.66. The lowest BCUT2D eigenvalue weighted by Crippen LogP contribution is -2.23. The molecule has 0 unspecified atom stereocenters. The second kappa shape index (κ2) is 6.33. The van der Waals surface area contributed by atoms with Crippen LogP contribution < -0.4 is 10.9 Å². The molecule has 8 heteroatoms. The first-order valence-electron chi connectivity index (χ1n) is 8.93. The summed E-state index contributed by atoms with van der Waals surface area (Å²) in [5.41, 5.74) is 5.69. The van der Waals surface area contributed by atoms with Crippen LogP contribution in [0.2, 0.25) is 0 Å². The molecule has 0 spiro atoms. The Hall–Kier alpha value is -3.42. The molecule has 0 radical (unpaired) electrons. The number of fused-ring (bicyclic) bond motifs is 1. The Morgan fingerprint density at radius 3 is 2.50 bits per heavy atom. The van der Waals surface area contributed by atoms with Gasteiger partial charge in [0.05, 0.1) is 28.8 Å². The molecule has 4 rings (SSSR count).